The second kappa shape index (κ2) is 7.83. The molecule has 1 amide bonds. The molecule has 0 aliphatic heterocycles. The fourth-order valence-corrected chi connectivity index (χ4v) is 3.40. The SMILES string of the molecule is CCc1cc(C(=O)Nc2cccc(F)c2)c2c(C)nn(Cc3ccccc3)c2n1. The molecule has 0 spiro atoms. The lowest BCUT2D eigenvalue weighted by atomic mass is 10.1. The third-order valence-electron chi connectivity index (χ3n) is 4.79. The van der Waals surface area contributed by atoms with E-state index in [4.69, 9.17) is 4.98 Å². The van der Waals surface area contributed by atoms with Crippen LogP contribution in [0.2, 0.25) is 0 Å². The monoisotopic (exact) mass is 388 g/mol. The molecule has 6 heteroatoms. The number of hydrogen-bond donors (Lipinski definition) is 1. The zero-order valence-electron chi connectivity index (χ0n) is 16.3. The van der Waals surface area contributed by atoms with Crippen LogP contribution in [0, 0.1) is 12.7 Å². The Bertz CT molecular complexity index is 1180. The number of nitrogens with zero attached hydrogens (tertiary/aromatic N) is 3. The van der Waals surface area contributed by atoms with Crippen molar-refractivity contribution in [3.63, 3.8) is 0 Å². The first-order valence-electron chi connectivity index (χ1n) is 9.53. The average molecular weight is 388 g/mol. The van der Waals surface area contributed by atoms with Crippen LogP contribution in [0.1, 0.15) is 34.2 Å². The average Bonchev–Trinajstić information content (AvgIpc) is 3.03. The van der Waals surface area contributed by atoms with E-state index in [1.807, 2.05) is 48.9 Å². The molecule has 2 aromatic heterocycles. The number of carbonyl (C=O) groups is 1. The first kappa shape index (κ1) is 18.8. The molecule has 0 saturated carbocycles. The highest BCUT2D eigenvalue weighted by Crippen LogP contribution is 2.24. The predicted molar refractivity (Wildman–Crippen MR) is 112 cm³/mol. The second-order valence-electron chi connectivity index (χ2n) is 6.91. The van der Waals surface area contributed by atoms with Gasteiger partial charge in [0.05, 0.1) is 23.2 Å². The fraction of sp³-hybridized carbons (Fsp3) is 0.174. The summed E-state index contributed by atoms with van der Waals surface area (Å²) in [4.78, 5) is 17.8. The maximum atomic E-state index is 13.5. The highest BCUT2D eigenvalue weighted by atomic mass is 19.1. The summed E-state index contributed by atoms with van der Waals surface area (Å²) in [6, 6.07) is 17.6. The van der Waals surface area contributed by atoms with Gasteiger partial charge < -0.3 is 5.32 Å². The Morgan fingerprint density at radius 3 is 2.62 bits per heavy atom. The van der Waals surface area contributed by atoms with Crippen LogP contribution >= 0.6 is 0 Å². The van der Waals surface area contributed by atoms with Gasteiger partial charge in [-0.3, -0.25) is 4.79 Å². The number of pyridine rings is 1. The van der Waals surface area contributed by atoms with E-state index < -0.39 is 5.82 Å². The largest absolute Gasteiger partial charge is 0.322 e. The van der Waals surface area contributed by atoms with Crippen LogP contribution in [0.25, 0.3) is 11.0 Å². The Labute approximate surface area is 168 Å². The van der Waals surface area contributed by atoms with Gasteiger partial charge in [0.15, 0.2) is 5.65 Å². The molecular weight excluding hydrogens is 367 g/mol. The van der Waals surface area contributed by atoms with Crippen molar-refractivity contribution in [2.45, 2.75) is 26.8 Å². The zero-order valence-corrected chi connectivity index (χ0v) is 16.3. The quantitative estimate of drug-likeness (QED) is 0.537. The second-order valence-corrected chi connectivity index (χ2v) is 6.91. The Kier molecular flexibility index (Phi) is 5.08. The summed E-state index contributed by atoms with van der Waals surface area (Å²) in [7, 11) is 0. The van der Waals surface area contributed by atoms with E-state index in [0.29, 0.717) is 35.2 Å². The molecule has 4 rings (SSSR count). The number of halogens is 1. The topological polar surface area (TPSA) is 59.8 Å². The van der Waals surface area contributed by atoms with Gasteiger partial charge in [-0.2, -0.15) is 5.10 Å². The molecule has 0 bridgehead atoms. The fourth-order valence-electron chi connectivity index (χ4n) is 3.40. The van der Waals surface area contributed by atoms with E-state index in [9.17, 15) is 9.18 Å². The normalized spacial score (nSPS) is 11.0. The lowest BCUT2D eigenvalue weighted by Gasteiger charge is -2.09. The maximum Gasteiger partial charge on any atom is 0.256 e. The number of nitrogens with one attached hydrogen (secondary N) is 1. The third kappa shape index (κ3) is 3.87. The molecule has 0 fully saturated rings. The van der Waals surface area contributed by atoms with Crippen LogP contribution in [0.3, 0.4) is 0 Å². The van der Waals surface area contributed by atoms with Crippen LogP contribution in [0.5, 0.6) is 0 Å². The lowest BCUT2D eigenvalue weighted by molar-refractivity contribution is 0.102. The Morgan fingerprint density at radius 1 is 1.10 bits per heavy atom. The van der Waals surface area contributed by atoms with E-state index in [1.54, 1.807) is 18.2 Å². The number of rotatable bonds is 5. The van der Waals surface area contributed by atoms with Gasteiger partial charge >= 0.3 is 0 Å². The van der Waals surface area contributed by atoms with Crippen LogP contribution in [-0.4, -0.2) is 20.7 Å². The summed E-state index contributed by atoms with van der Waals surface area (Å²) >= 11 is 0. The van der Waals surface area contributed by atoms with Gasteiger partial charge in [0, 0.05) is 11.4 Å². The van der Waals surface area contributed by atoms with Gasteiger partial charge in [-0.15, -0.1) is 0 Å². The van der Waals surface area contributed by atoms with Crippen LogP contribution in [0.4, 0.5) is 10.1 Å². The summed E-state index contributed by atoms with van der Waals surface area (Å²) in [6.45, 7) is 4.43. The number of carbonyl (C=O) groups excluding carboxylic acids is 1. The summed E-state index contributed by atoms with van der Waals surface area (Å²) < 4.78 is 15.3. The Hall–Kier alpha value is -3.54. The van der Waals surface area contributed by atoms with Crippen molar-refractivity contribution >= 4 is 22.6 Å². The molecule has 1 N–H and O–H groups in total. The first-order chi connectivity index (χ1) is 14.0. The van der Waals surface area contributed by atoms with E-state index in [-0.39, 0.29) is 5.91 Å². The van der Waals surface area contributed by atoms with E-state index >= 15 is 0 Å². The number of benzene rings is 2. The minimum Gasteiger partial charge on any atom is -0.322 e. The molecule has 29 heavy (non-hydrogen) atoms. The molecule has 0 radical (unpaired) electrons. The van der Waals surface area contributed by atoms with Crippen LogP contribution < -0.4 is 5.32 Å². The molecule has 146 valence electrons. The van der Waals surface area contributed by atoms with E-state index in [1.165, 1.54) is 12.1 Å². The molecule has 0 saturated heterocycles. The maximum absolute atomic E-state index is 13.5. The van der Waals surface area contributed by atoms with Crippen molar-refractivity contribution in [2.75, 3.05) is 5.32 Å². The number of hydrogen-bond acceptors (Lipinski definition) is 3. The highest BCUT2D eigenvalue weighted by molar-refractivity contribution is 6.12. The highest BCUT2D eigenvalue weighted by Gasteiger charge is 2.19. The predicted octanol–water partition coefficient (Wildman–Crippen LogP) is 4.74. The summed E-state index contributed by atoms with van der Waals surface area (Å²) in [5.41, 5.74) is 4.22. The zero-order chi connectivity index (χ0) is 20.4. The molecule has 0 atom stereocenters. The molecule has 0 aliphatic rings. The number of fused-ring (bicyclic) bond motifs is 1. The minimum absolute atomic E-state index is 0.305. The van der Waals surface area contributed by atoms with Gasteiger partial charge in [0.25, 0.3) is 5.91 Å². The van der Waals surface area contributed by atoms with Gasteiger partial charge in [0.1, 0.15) is 5.82 Å². The number of aromatic nitrogens is 3. The van der Waals surface area contributed by atoms with Gasteiger partial charge in [-0.05, 0) is 43.2 Å². The van der Waals surface area contributed by atoms with Crippen molar-refractivity contribution in [1.82, 2.24) is 14.8 Å². The number of aryl methyl sites for hydroxylation is 2. The minimum atomic E-state index is -0.399. The van der Waals surface area contributed by atoms with Crippen molar-refractivity contribution < 1.29 is 9.18 Å². The molecule has 2 aromatic carbocycles. The molecule has 2 heterocycles. The van der Waals surface area contributed by atoms with Crippen molar-refractivity contribution in [2.24, 2.45) is 0 Å². The van der Waals surface area contributed by atoms with Gasteiger partial charge in [0.2, 0.25) is 0 Å². The molecule has 0 aliphatic carbocycles. The standard InChI is InChI=1S/C23H21FN4O/c1-3-18-13-20(23(29)26-19-11-7-10-17(24)12-19)21-15(2)27-28(22(21)25-18)14-16-8-5-4-6-9-16/h4-13H,3,14H2,1-2H3,(H,26,29). The summed E-state index contributed by atoms with van der Waals surface area (Å²) in [5, 5.41) is 8.14. The van der Waals surface area contributed by atoms with Crippen molar-refractivity contribution in [3.8, 4) is 0 Å². The van der Waals surface area contributed by atoms with Crippen LogP contribution in [0.15, 0.2) is 60.7 Å². The molecule has 5 nitrogen and oxygen atoms in total. The Balaban J connectivity index is 1.78. The van der Waals surface area contributed by atoms with E-state index in [0.717, 1.165) is 17.0 Å². The molecule has 0 unspecified atom stereocenters. The van der Waals surface area contributed by atoms with Gasteiger partial charge in [-0.1, -0.05) is 43.3 Å². The van der Waals surface area contributed by atoms with Crippen molar-refractivity contribution in [3.05, 3.63) is 89.0 Å². The smallest absolute Gasteiger partial charge is 0.256 e. The summed E-state index contributed by atoms with van der Waals surface area (Å²) in [5.74, 6) is -0.705. The lowest BCUT2D eigenvalue weighted by Crippen LogP contribution is -2.14. The van der Waals surface area contributed by atoms with Crippen LogP contribution in [-0.2, 0) is 13.0 Å². The summed E-state index contributed by atoms with van der Waals surface area (Å²) in [6.07, 6.45) is 0.686. The molecular formula is C23H21FN4O. The first-order valence-corrected chi connectivity index (χ1v) is 9.53. The number of amides is 1. The van der Waals surface area contributed by atoms with E-state index in [2.05, 4.69) is 10.4 Å². The van der Waals surface area contributed by atoms with Crippen molar-refractivity contribution in [1.29, 1.82) is 0 Å². The third-order valence-corrected chi connectivity index (χ3v) is 4.79. The Morgan fingerprint density at radius 2 is 1.90 bits per heavy atom. The number of anilines is 1. The van der Waals surface area contributed by atoms with Gasteiger partial charge in [-0.25, -0.2) is 14.1 Å². The molecule has 4 aromatic rings.